The van der Waals surface area contributed by atoms with E-state index in [-0.39, 0.29) is 18.0 Å². The number of hydrogen-bond donors (Lipinski definition) is 2. The minimum atomic E-state index is -0.427. The molecule has 1 atom stereocenters. The van der Waals surface area contributed by atoms with E-state index in [2.05, 4.69) is 10.6 Å². The molecule has 2 aliphatic rings. The largest absolute Gasteiger partial charge is 0.352 e. The molecule has 1 saturated carbocycles. The fourth-order valence-electron chi connectivity index (χ4n) is 3.41. The number of carbonyl (C=O) groups is 2. The number of anilines is 1. The molecule has 2 fully saturated rings. The van der Waals surface area contributed by atoms with Crippen LogP contribution in [-0.2, 0) is 4.79 Å². The zero-order valence-electron chi connectivity index (χ0n) is 13.1. The lowest BCUT2D eigenvalue weighted by Crippen LogP contribution is -2.49. The molecule has 1 aromatic rings. The number of benzene rings is 1. The number of rotatable bonds is 3. The van der Waals surface area contributed by atoms with Gasteiger partial charge in [-0.1, -0.05) is 18.9 Å². The van der Waals surface area contributed by atoms with Crippen LogP contribution in [0.3, 0.4) is 0 Å². The third-order valence-electron chi connectivity index (χ3n) is 4.59. The van der Waals surface area contributed by atoms with E-state index in [0.717, 1.165) is 32.1 Å². The number of halogens is 1. The number of urea groups is 1. The van der Waals surface area contributed by atoms with Gasteiger partial charge < -0.3 is 15.5 Å². The minimum absolute atomic E-state index is 0.0659. The molecule has 6 heteroatoms. The van der Waals surface area contributed by atoms with Crippen molar-refractivity contribution in [3.05, 3.63) is 30.1 Å². The lowest BCUT2D eigenvalue weighted by Gasteiger charge is -2.25. The highest BCUT2D eigenvalue weighted by molar-refractivity contribution is 5.94. The maximum absolute atomic E-state index is 13.2. The summed E-state index contributed by atoms with van der Waals surface area (Å²) in [6.45, 7) is 0.546. The minimum Gasteiger partial charge on any atom is -0.352 e. The molecule has 124 valence electrons. The highest BCUT2D eigenvalue weighted by Crippen LogP contribution is 2.22. The molecular formula is C17H22FN3O2. The molecule has 0 bridgehead atoms. The van der Waals surface area contributed by atoms with Crippen molar-refractivity contribution in [1.82, 2.24) is 10.2 Å². The van der Waals surface area contributed by atoms with Crippen LogP contribution >= 0.6 is 0 Å². The predicted molar refractivity (Wildman–Crippen MR) is 85.5 cm³/mol. The van der Waals surface area contributed by atoms with E-state index in [4.69, 9.17) is 0 Å². The first-order chi connectivity index (χ1) is 11.1. The lowest BCUT2D eigenvalue weighted by atomic mass is 10.1. The van der Waals surface area contributed by atoms with Gasteiger partial charge in [-0.05, 0) is 43.9 Å². The normalized spacial score (nSPS) is 21.4. The Morgan fingerprint density at radius 2 is 1.91 bits per heavy atom. The molecule has 2 N–H and O–H groups in total. The van der Waals surface area contributed by atoms with Crippen LogP contribution in [0, 0.1) is 5.82 Å². The molecule has 1 aromatic carbocycles. The van der Waals surface area contributed by atoms with Crippen molar-refractivity contribution in [3.8, 4) is 0 Å². The van der Waals surface area contributed by atoms with Crippen LogP contribution in [0.25, 0.3) is 0 Å². The van der Waals surface area contributed by atoms with Crippen molar-refractivity contribution >= 4 is 17.6 Å². The third kappa shape index (κ3) is 3.81. The number of likely N-dealkylation sites (tertiary alicyclic amines) is 1. The predicted octanol–water partition coefficient (Wildman–Crippen LogP) is 2.88. The van der Waals surface area contributed by atoms with Crippen LogP contribution in [0.5, 0.6) is 0 Å². The Balaban J connectivity index is 1.61. The smallest absolute Gasteiger partial charge is 0.322 e. The number of carbonyl (C=O) groups excluding carboxylic acids is 2. The van der Waals surface area contributed by atoms with Gasteiger partial charge in [0.15, 0.2) is 0 Å². The Bertz CT molecular complexity index is 587. The average Bonchev–Trinajstić information content (AvgIpc) is 3.18. The summed E-state index contributed by atoms with van der Waals surface area (Å²) in [7, 11) is 0. The first-order valence-electron chi connectivity index (χ1n) is 8.27. The Morgan fingerprint density at radius 3 is 2.65 bits per heavy atom. The summed E-state index contributed by atoms with van der Waals surface area (Å²) < 4.78 is 13.2. The first-order valence-corrected chi connectivity index (χ1v) is 8.27. The van der Waals surface area contributed by atoms with Crippen LogP contribution in [-0.4, -0.2) is 35.5 Å². The van der Waals surface area contributed by atoms with Gasteiger partial charge in [0, 0.05) is 18.3 Å². The second kappa shape index (κ2) is 6.98. The van der Waals surface area contributed by atoms with Gasteiger partial charge in [-0.15, -0.1) is 0 Å². The molecule has 5 nitrogen and oxygen atoms in total. The molecule has 0 aromatic heterocycles. The summed E-state index contributed by atoms with van der Waals surface area (Å²) in [5.74, 6) is -0.469. The fourth-order valence-corrected chi connectivity index (χ4v) is 3.41. The lowest BCUT2D eigenvalue weighted by molar-refractivity contribution is -0.125. The Hall–Kier alpha value is -2.11. The van der Waals surface area contributed by atoms with Gasteiger partial charge in [0.2, 0.25) is 5.91 Å². The molecule has 3 amide bonds. The summed E-state index contributed by atoms with van der Waals surface area (Å²) in [6, 6.07) is 5.23. The molecular weight excluding hydrogens is 297 g/mol. The van der Waals surface area contributed by atoms with E-state index in [1.807, 2.05) is 0 Å². The van der Waals surface area contributed by atoms with Crippen LogP contribution in [0.4, 0.5) is 14.9 Å². The monoisotopic (exact) mass is 319 g/mol. The number of amides is 3. The van der Waals surface area contributed by atoms with Gasteiger partial charge in [0.05, 0.1) is 0 Å². The van der Waals surface area contributed by atoms with Crippen LogP contribution in [0.1, 0.15) is 38.5 Å². The second-order valence-electron chi connectivity index (χ2n) is 6.28. The number of nitrogens with one attached hydrogen (secondary N) is 2. The summed E-state index contributed by atoms with van der Waals surface area (Å²) in [4.78, 5) is 26.4. The Kier molecular flexibility index (Phi) is 4.79. The molecule has 1 aliphatic carbocycles. The van der Waals surface area contributed by atoms with E-state index in [9.17, 15) is 14.0 Å². The van der Waals surface area contributed by atoms with Crippen molar-refractivity contribution in [2.45, 2.75) is 50.6 Å². The molecule has 0 spiro atoms. The first kappa shape index (κ1) is 15.8. The highest BCUT2D eigenvalue weighted by atomic mass is 19.1. The SMILES string of the molecule is O=C(NC1CCCC1)[C@@H]1CCCN1C(=O)Nc1cccc(F)c1. The fraction of sp³-hybridized carbons (Fsp3) is 0.529. The highest BCUT2D eigenvalue weighted by Gasteiger charge is 2.35. The van der Waals surface area contributed by atoms with E-state index in [0.29, 0.717) is 18.7 Å². The summed E-state index contributed by atoms with van der Waals surface area (Å²) >= 11 is 0. The Morgan fingerprint density at radius 1 is 1.13 bits per heavy atom. The van der Waals surface area contributed by atoms with Crippen molar-refractivity contribution in [3.63, 3.8) is 0 Å². The van der Waals surface area contributed by atoms with E-state index < -0.39 is 11.9 Å². The summed E-state index contributed by atoms with van der Waals surface area (Å²) in [6.07, 6.45) is 5.83. The number of hydrogen-bond acceptors (Lipinski definition) is 2. The van der Waals surface area contributed by atoms with Crippen molar-refractivity contribution < 1.29 is 14.0 Å². The van der Waals surface area contributed by atoms with Crippen molar-refractivity contribution in [2.75, 3.05) is 11.9 Å². The molecule has 1 aliphatic heterocycles. The van der Waals surface area contributed by atoms with Gasteiger partial charge in [-0.2, -0.15) is 0 Å². The zero-order chi connectivity index (χ0) is 16.2. The van der Waals surface area contributed by atoms with Gasteiger partial charge in [0.25, 0.3) is 0 Å². The molecule has 3 rings (SSSR count). The van der Waals surface area contributed by atoms with Crippen molar-refractivity contribution in [2.24, 2.45) is 0 Å². The standard InChI is InChI=1S/C17H22FN3O2/c18-12-5-3-8-14(11-12)20-17(23)21-10-4-9-15(21)16(22)19-13-6-1-2-7-13/h3,5,8,11,13,15H,1-2,4,6-7,9-10H2,(H,19,22)(H,20,23)/t15-/m0/s1. The zero-order valence-corrected chi connectivity index (χ0v) is 13.1. The molecule has 0 radical (unpaired) electrons. The molecule has 1 heterocycles. The van der Waals surface area contributed by atoms with Gasteiger partial charge in [0.1, 0.15) is 11.9 Å². The second-order valence-corrected chi connectivity index (χ2v) is 6.28. The summed E-state index contributed by atoms with van der Waals surface area (Å²) in [5.41, 5.74) is 0.400. The summed E-state index contributed by atoms with van der Waals surface area (Å²) in [5, 5.41) is 5.73. The quantitative estimate of drug-likeness (QED) is 0.900. The Labute approximate surface area is 135 Å². The van der Waals surface area contributed by atoms with Crippen LogP contribution < -0.4 is 10.6 Å². The van der Waals surface area contributed by atoms with Crippen LogP contribution in [0.2, 0.25) is 0 Å². The number of nitrogens with zero attached hydrogens (tertiary/aromatic N) is 1. The van der Waals surface area contributed by atoms with E-state index in [1.165, 1.54) is 12.1 Å². The van der Waals surface area contributed by atoms with Crippen molar-refractivity contribution in [1.29, 1.82) is 0 Å². The molecule has 23 heavy (non-hydrogen) atoms. The average molecular weight is 319 g/mol. The third-order valence-corrected chi connectivity index (χ3v) is 4.59. The van der Waals surface area contributed by atoms with Gasteiger partial charge >= 0.3 is 6.03 Å². The molecule has 0 unspecified atom stereocenters. The molecule has 1 saturated heterocycles. The topological polar surface area (TPSA) is 61.4 Å². The maximum atomic E-state index is 13.2. The maximum Gasteiger partial charge on any atom is 0.322 e. The van der Waals surface area contributed by atoms with Gasteiger partial charge in [-0.3, -0.25) is 4.79 Å². The van der Waals surface area contributed by atoms with Gasteiger partial charge in [-0.25, -0.2) is 9.18 Å². The van der Waals surface area contributed by atoms with E-state index in [1.54, 1.807) is 17.0 Å². The van der Waals surface area contributed by atoms with E-state index >= 15 is 0 Å². The van der Waals surface area contributed by atoms with Crippen LogP contribution in [0.15, 0.2) is 24.3 Å².